The number of nitrogens with one attached hydrogen (secondary N) is 2. The van der Waals surface area contributed by atoms with E-state index in [4.69, 9.17) is 9.47 Å². The fourth-order valence-corrected chi connectivity index (χ4v) is 4.14. The zero-order valence-electron chi connectivity index (χ0n) is 14.2. The maximum absolute atomic E-state index is 12.6. The summed E-state index contributed by atoms with van der Waals surface area (Å²) in [6.45, 7) is 5.22. The van der Waals surface area contributed by atoms with Crippen LogP contribution in [0.5, 0.6) is 11.5 Å². The number of fused-ring (bicyclic) bond motifs is 1. The highest BCUT2D eigenvalue weighted by Crippen LogP contribution is 2.36. The maximum Gasteiger partial charge on any atom is 0.261 e. The summed E-state index contributed by atoms with van der Waals surface area (Å²) >= 11 is 1.51. The number of hydrogen-bond acceptors (Lipinski definition) is 5. The Morgan fingerprint density at radius 1 is 1.20 bits per heavy atom. The van der Waals surface area contributed by atoms with Crippen molar-refractivity contribution < 1.29 is 14.3 Å². The summed E-state index contributed by atoms with van der Waals surface area (Å²) in [6, 6.07) is 10.0. The first-order chi connectivity index (χ1) is 12.2. The molecular formula is C19H22N2O3S. The molecule has 2 atom stereocenters. The van der Waals surface area contributed by atoms with Gasteiger partial charge in [0.15, 0.2) is 11.5 Å². The van der Waals surface area contributed by atoms with E-state index in [1.54, 1.807) is 0 Å². The van der Waals surface area contributed by atoms with Crippen molar-refractivity contribution in [3.8, 4) is 21.9 Å². The number of carbonyl (C=O) groups is 1. The first-order valence-corrected chi connectivity index (χ1v) is 9.54. The highest BCUT2D eigenvalue weighted by molar-refractivity contribution is 7.17. The van der Waals surface area contributed by atoms with Gasteiger partial charge in [0.1, 0.15) is 13.2 Å². The number of amides is 1. The molecule has 2 unspecified atom stereocenters. The van der Waals surface area contributed by atoms with Crippen molar-refractivity contribution >= 4 is 17.2 Å². The number of hydrogen-bond donors (Lipinski definition) is 2. The summed E-state index contributed by atoms with van der Waals surface area (Å²) in [5, 5.41) is 6.51. The van der Waals surface area contributed by atoms with Crippen LogP contribution in [0.25, 0.3) is 10.4 Å². The second-order valence-electron chi connectivity index (χ2n) is 6.57. The Labute approximate surface area is 151 Å². The second-order valence-corrected chi connectivity index (χ2v) is 7.66. The first-order valence-electron chi connectivity index (χ1n) is 8.72. The van der Waals surface area contributed by atoms with Gasteiger partial charge >= 0.3 is 0 Å². The molecule has 1 amide bonds. The molecule has 2 aliphatic rings. The molecule has 0 radical (unpaired) electrons. The van der Waals surface area contributed by atoms with E-state index in [2.05, 4.69) is 17.6 Å². The predicted octanol–water partition coefficient (Wildman–Crippen LogP) is 2.91. The van der Waals surface area contributed by atoms with Crippen molar-refractivity contribution in [3.63, 3.8) is 0 Å². The third kappa shape index (κ3) is 3.50. The quantitative estimate of drug-likeness (QED) is 0.886. The minimum absolute atomic E-state index is 0.00865. The fraction of sp³-hybridized carbons (Fsp3) is 0.421. The van der Waals surface area contributed by atoms with Crippen LogP contribution in [0.15, 0.2) is 30.3 Å². The molecule has 5 nitrogen and oxygen atoms in total. The molecule has 1 aromatic carbocycles. The summed E-state index contributed by atoms with van der Waals surface area (Å²) in [5.74, 6) is 2.06. The molecule has 1 saturated heterocycles. The van der Waals surface area contributed by atoms with Crippen molar-refractivity contribution in [3.05, 3.63) is 35.2 Å². The van der Waals surface area contributed by atoms with Gasteiger partial charge in [-0.3, -0.25) is 4.79 Å². The van der Waals surface area contributed by atoms with Gasteiger partial charge in [0, 0.05) is 17.5 Å². The van der Waals surface area contributed by atoms with E-state index in [1.807, 2.05) is 30.3 Å². The van der Waals surface area contributed by atoms with Gasteiger partial charge in [0.05, 0.1) is 4.88 Å². The maximum atomic E-state index is 12.6. The summed E-state index contributed by atoms with van der Waals surface area (Å²) < 4.78 is 11.2. The number of rotatable bonds is 3. The molecule has 2 aromatic rings. The molecule has 4 rings (SSSR count). The Morgan fingerprint density at radius 2 is 2.04 bits per heavy atom. The molecule has 1 aromatic heterocycles. The van der Waals surface area contributed by atoms with E-state index in [0.29, 0.717) is 19.1 Å². The number of benzene rings is 1. The van der Waals surface area contributed by atoms with Gasteiger partial charge in [0.25, 0.3) is 5.91 Å². The lowest BCUT2D eigenvalue weighted by Gasteiger charge is -2.30. The monoisotopic (exact) mass is 358 g/mol. The van der Waals surface area contributed by atoms with Gasteiger partial charge in [0.2, 0.25) is 0 Å². The van der Waals surface area contributed by atoms with Gasteiger partial charge in [-0.05, 0) is 54.8 Å². The SMILES string of the molecule is CC1CCNCC1NC(=O)c1ccc(-c2ccc3c(c2)OCCO3)s1. The van der Waals surface area contributed by atoms with Gasteiger partial charge in [-0.25, -0.2) is 0 Å². The molecule has 2 aliphatic heterocycles. The Kier molecular flexibility index (Phi) is 4.63. The van der Waals surface area contributed by atoms with E-state index >= 15 is 0 Å². The number of thiophene rings is 1. The van der Waals surface area contributed by atoms with Crippen LogP contribution in [0, 0.1) is 5.92 Å². The molecular weight excluding hydrogens is 336 g/mol. The average molecular weight is 358 g/mol. The number of carbonyl (C=O) groups excluding carboxylic acids is 1. The lowest BCUT2D eigenvalue weighted by Crippen LogP contribution is -2.50. The molecule has 3 heterocycles. The van der Waals surface area contributed by atoms with Gasteiger partial charge in [-0.1, -0.05) is 6.92 Å². The highest BCUT2D eigenvalue weighted by Gasteiger charge is 2.23. The molecule has 0 saturated carbocycles. The minimum atomic E-state index is 0.00865. The summed E-state index contributed by atoms with van der Waals surface area (Å²) in [7, 11) is 0. The summed E-state index contributed by atoms with van der Waals surface area (Å²) in [6.07, 6.45) is 1.10. The largest absolute Gasteiger partial charge is 0.486 e. The van der Waals surface area contributed by atoms with Crippen LogP contribution < -0.4 is 20.1 Å². The highest BCUT2D eigenvalue weighted by atomic mass is 32.1. The standard InChI is InChI=1S/C19H22N2O3S/c1-12-6-7-20-11-14(12)21-19(22)18-5-4-17(25-18)13-2-3-15-16(10-13)24-9-8-23-15/h2-5,10,12,14,20H,6-9,11H2,1H3,(H,21,22). The number of piperidine rings is 1. The Balaban J connectivity index is 1.49. The summed E-state index contributed by atoms with van der Waals surface area (Å²) in [4.78, 5) is 14.4. The van der Waals surface area contributed by atoms with E-state index in [9.17, 15) is 4.79 Å². The fourth-order valence-electron chi connectivity index (χ4n) is 3.23. The van der Waals surface area contributed by atoms with Crippen LogP contribution in [0.1, 0.15) is 23.0 Å². The van der Waals surface area contributed by atoms with Crippen LogP contribution >= 0.6 is 11.3 Å². The predicted molar refractivity (Wildman–Crippen MR) is 98.6 cm³/mol. The molecule has 25 heavy (non-hydrogen) atoms. The lowest BCUT2D eigenvalue weighted by molar-refractivity contribution is 0.0919. The molecule has 6 heteroatoms. The van der Waals surface area contributed by atoms with Crippen molar-refractivity contribution in [1.29, 1.82) is 0 Å². The smallest absolute Gasteiger partial charge is 0.261 e. The Bertz CT molecular complexity index is 774. The topological polar surface area (TPSA) is 59.6 Å². The van der Waals surface area contributed by atoms with Gasteiger partial charge < -0.3 is 20.1 Å². The van der Waals surface area contributed by atoms with Crippen LogP contribution in [-0.2, 0) is 0 Å². The van der Waals surface area contributed by atoms with E-state index in [0.717, 1.165) is 46.3 Å². The van der Waals surface area contributed by atoms with E-state index < -0.39 is 0 Å². The molecule has 0 bridgehead atoms. The third-order valence-corrected chi connectivity index (χ3v) is 5.93. The number of ether oxygens (including phenoxy) is 2. The minimum Gasteiger partial charge on any atom is -0.486 e. The van der Waals surface area contributed by atoms with Gasteiger partial charge in [-0.2, -0.15) is 0 Å². The molecule has 0 aliphatic carbocycles. The zero-order chi connectivity index (χ0) is 17.2. The van der Waals surface area contributed by atoms with Crippen LogP contribution in [0.2, 0.25) is 0 Å². The van der Waals surface area contributed by atoms with Crippen LogP contribution in [-0.4, -0.2) is 38.3 Å². The van der Waals surface area contributed by atoms with Crippen molar-refractivity contribution in [2.75, 3.05) is 26.3 Å². The molecule has 2 N–H and O–H groups in total. The lowest BCUT2D eigenvalue weighted by atomic mass is 9.95. The van der Waals surface area contributed by atoms with Crippen molar-refractivity contribution in [2.24, 2.45) is 5.92 Å². The van der Waals surface area contributed by atoms with Gasteiger partial charge in [-0.15, -0.1) is 11.3 Å². The normalized spacial score (nSPS) is 22.4. The Morgan fingerprint density at radius 3 is 2.88 bits per heavy atom. The van der Waals surface area contributed by atoms with Crippen LogP contribution in [0.4, 0.5) is 0 Å². The summed E-state index contributed by atoms with van der Waals surface area (Å²) in [5.41, 5.74) is 1.04. The Hall–Kier alpha value is -2.05. The molecule has 132 valence electrons. The second kappa shape index (κ2) is 7.06. The van der Waals surface area contributed by atoms with E-state index in [1.165, 1.54) is 11.3 Å². The zero-order valence-corrected chi connectivity index (χ0v) is 15.0. The van der Waals surface area contributed by atoms with Crippen molar-refractivity contribution in [1.82, 2.24) is 10.6 Å². The third-order valence-electron chi connectivity index (χ3n) is 4.80. The van der Waals surface area contributed by atoms with E-state index in [-0.39, 0.29) is 11.9 Å². The molecule has 0 spiro atoms. The van der Waals surface area contributed by atoms with Crippen molar-refractivity contribution in [2.45, 2.75) is 19.4 Å². The van der Waals surface area contributed by atoms with Crippen LogP contribution in [0.3, 0.4) is 0 Å². The average Bonchev–Trinajstić information content (AvgIpc) is 3.13. The molecule has 1 fully saturated rings. The first kappa shape index (κ1) is 16.4.